The van der Waals surface area contributed by atoms with Crippen molar-refractivity contribution in [3.05, 3.63) is 23.5 Å². The van der Waals surface area contributed by atoms with Gasteiger partial charge in [-0.05, 0) is 39.3 Å². The molecule has 5 nitrogen and oxygen atoms in total. The van der Waals surface area contributed by atoms with Gasteiger partial charge in [0.15, 0.2) is 0 Å². The summed E-state index contributed by atoms with van der Waals surface area (Å²) in [5.41, 5.74) is 5.97. The summed E-state index contributed by atoms with van der Waals surface area (Å²) in [6.07, 6.45) is 0.321. The summed E-state index contributed by atoms with van der Waals surface area (Å²) in [5, 5.41) is 8.86. The molecule has 0 atom stereocenters. The number of aliphatic hydroxyl groups is 1. The number of nitrogens with two attached hydrogens (primary N) is 1. The summed E-state index contributed by atoms with van der Waals surface area (Å²) in [7, 11) is -3.83. The highest BCUT2D eigenvalue weighted by Gasteiger charge is 2.27. The Kier molecular flexibility index (Phi) is 5.50. The zero-order valence-corrected chi connectivity index (χ0v) is 12.7. The van der Waals surface area contributed by atoms with Crippen LogP contribution in [-0.2, 0) is 10.0 Å². The van der Waals surface area contributed by atoms with E-state index in [2.05, 4.69) is 0 Å². The van der Waals surface area contributed by atoms with Crippen LogP contribution < -0.4 is 5.73 Å². The van der Waals surface area contributed by atoms with Gasteiger partial charge in [-0.15, -0.1) is 0 Å². The van der Waals surface area contributed by atoms with Gasteiger partial charge in [-0.2, -0.15) is 4.31 Å². The van der Waals surface area contributed by atoms with Gasteiger partial charge in [-0.25, -0.2) is 12.8 Å². The van der Waals surface area contributed by atoms with Crippen molar-refractivity contribution in [3.8, 4) is 0 Å². The normalized spacial score (nSPS) is 12.3. The highest BCUT2D eigenvalue weighted by Crippen LogP contribution is 2.24. The van der Waals surface area contributed by atoms with Crippen LogP contribution in [0.15, 0.2) is 17.0 Å². The molecule has 0 saturated heterocycles. The second-order valence-electron chi connectivity index (χ2n) is 4.91. The molecule has 3 N–H and O–H groups in total. The van der Waals surface area contributed by atoms with Gasteiger partial charge in [0.05, 0.1) is 4.90 Å². The zero-order valence-electron chi connectivity index (χ0n) is 11.9. The van der Waals surface area contributed by atoms with E-state index >= 15 is 0 Å². The topological polar surface area (TPSA) is 83.6 Å². The molecule has 0 heterocycles. The minimum absolute atomic E-state index is 0.106. The first-order valence-corrected chi connectivity index (χ1v) is 7.84. The average molecular weight is 304 g/mol. The molecule has 0 aliphatic heterocycles. The number of rotatable bonds is 6. The number of hydrogen-bond acceptors (Lipinski definition) is 4. The second kappa shape index (κ2) is 6.51. The standard InChI is InChI=1S/C13H21FN2O3S/c1-9(2)16(5-4-6-17)20(18,19)11-7-12(14)10(3)13(15)8-11/h7-9,17H,4-6,15H2,1-3H3. The molecule has 0 aliphatic rings. The van der Waals surface area contributed by atoms with E-state index in [-0.39, 0.29) is 35.3 Å². The minimum atomic E-state index is -3.83. The lowest BCUT2D eigenvalue weighted by Gasteiger charge is -2.26. The van der Waals surface area contributed by atoms with Crippen LogP contribution in [0.5, 0.6) is 0 Å². The molecule has 1 rings (SSSR count). The molecule has 1 aromatic carbocycles. The van der Waals surface area contributed by atoms with E-state index in [0.717, 1.165) is 6.07 Å². The number of nitrogens with zero attached hydrogens (tertiary/aromatic N) is 1. The van der Waals surface area contributed by atoms with E-state index in [0.29, 0.717) is 6.42 Å². The number of benzene rings is 1. The Hall–Kier alpha value is -1.18. The fourth-order valence-electron chi connectivity index (χ4n) is 1.84. The van der Waals surface area contributed by atoms with Crippen LogP contribution in [-0.4, -0.2) is 37.0 Å². The quantitative estimate of drug-likeness (QED) is 0.780. The maximum Gasteiger partial charge on any atom is 0.243 e. The lowest BCUT2D eigenvalue weighted by atomic mass is 10.2. The van der Waals surface area contributed by atoms with Gasteiger partial charge < -0.3 is 10.8 Å². The molecular formula is C13H21FN2O3S. The Morgan fingerprint density at radius 3 is 2.45 bits per heavy atom. The molecular weight excluding hydrogens is 283 g/mol. The highest BCUT2D eigenvalue weighted by molar-refractivity contribution is 7.89. The Labute approximate surface area is 119 Å². The Balaban J connectivity index is 3.26. The van der Waals surface area contributed by atoms with Crippen molar-refractivity contribution >= 4 is 15.7 Å². The monoisotopic (exact) mass is 304 g/mol. The highest BCUT2D eigenvalue weighted by atomic mass is 32.2. The number of halogens is 1. The number of sulfonamides is 1. The Bertz CT molecular complexity index is 550. The van der Waals surface area contributed by atoms with E-state index < -0.39 is 15.8 Å². The van der Waals surface area contributed by atoms with Crippen molar-refractivity contribution < 1.29 is 17.9 Å². The van der Waals surface area contributed by atoms with Crippen molar-refractivity contribution in [1.82, 2.24) is 4.31 Å². The van der Waals surface area contributed by atoms with Crippen molar-refractivity contribution in [2.45, 2.75) is 38.1 Å². The lowest BCUT2D eigenvalue weighted by Crippen LogP contribution is -2.38. The number of aliphatic hydroxyl groups excluding tert-OH is 1. The van der Waals surface area contributed by atoms with Crippen LogP contribution in [0.1, 0.15) is 25.8 Å². The van der Waals surface area contributed by atoms with Crippen molar-refractivity contribution in [2.24, 2.45) is 0 Å². The van der Waals surface area contributed by atoms with Crippen LogP contribution in [0.2, 0.25) is 0 Å². The average Bonchev–Trinajstić information content (AvgIpc) is 2.35. The van der Waals surface area contributed by atoms with Crippen LogP contribution in [0.4, 0.5) is 10.1 Å². The molecule has 0 radical (unpaired) electrons. The van der Waals surface area contributed by atoms with Crippen LogP contribution in [0.25, 0.3) is 0 Å². The molecule has 1 aromatic rings. The number of nitrogen functional groups attached to an aromatic ring is 1. The maximum atomic E-state index is 13.7. The van der Waals surface area contributed by atoms with E-state index in [9.17, 15) is 12.8 Å². The fourth-order valence-corrected chi connectivity index (χ4v) is 3.56. The summed E-state index contributed by atoms with van der Waals surface area (Å²) in [5.74, 6) is -0.644. The maximum absolute atomic E-state index is 13.7. The third kappa shape index (κ3) is 3.47. The number of anilines is 1. The van der Waals surface area contributed by atoms with Gasteiger partial charge in [0, 0.05) is 30.4 Å². The smallest absolute Gasteiger partial charge is 0.243 e. The van der Waals surface area contributed by atoms with E-state index in [1.165, 1.54) is 17.3 Å². The van der Waals surface area contributed by atoms with Gasteiger partial charge in [-0.1, -0.05) is 0 Å². The molecule has 114 valence electrons. The molecule has 0 amide bonds. The third-order valence-corrected chi connectivity index (χ3v) is 5.13. The molecule has 0 fully saturated rings. The molecule has 0 aliphatic carbocycles. The summed E-state index contributed by atoms with van der Waals surface area (Å²) in [6.45, 7) is 5.01. The van der Waals surface area contributed by atoms with Gasteiger partial charge >= 0.3 is 0 Å². The molecule has 20 heavy (non-hydrogen) atoms. The lowest BCUT2D eigenvalue weighted by molar-refractivity contribution is 0.258. The summed E-state index contributed by atoms with van der Waals surface area (Å²) in [6, 6.07) is 1.95. The molecule has 0 saturated carbocycles. The molecule has 0 aromatic heterocycles. The van der Waals surface area contributed by atoms with Gasteiger partial charge in [-0.3, -0.25) is 0 Å². The summed E-state index contributed by atoms with van der Waals surface area (Å²) in [4.78, 5) is -0.162. The van der Waals surface area contributed by atoms with E-state index in [4.69, 9.17) is 10.8 Å². The Morgan fingerprint density at radius 1 is 1.40 bits per heavy atom. The number of hydrogen-bond donors (Lipinski definition) is 2. The molecule has 0 unspecified atom stereocenters. The predicted octanol–water partition coefficient (Wildman–Crippen LogP) is 1.50. The SMILES string of the molecule is Cc1c(N)cc(S(=O)(=O)N(CCCO)C(C)C)cc1F. The van der Waals surface area contributed by atoms with Crippen LogP contribution in [0, 0.1) is 12.7 Å². The minimum Gasteiger partial charge on any atom is -0.398 e. The second-order valence-corrected chi connectivity index (χ2v) is 6.80. The van der Waals surface area contributed by atoms with E-state index in [1.54, 1.807) is 13.8 Å². The van der Waals surface area contributed by atoms with Crippen LogP contribution >= 0.6 is 0 Å². The van der Waals surface area contributed by atoms with E-state index in [1.807, 2.05) is 0 Å². The first kappa shape index (κ1) is 16.9. The van der Waals surface area contributed by atoms with Gasteiger partial charge in [0.2, 0.25) is 10.0 Å². The molecule has 0 bridgehead atoms. The van der Waals surface area contributed by atoms with Gasteiger partial charge in [0.1, 0.15) is 5.82 Å². The predicted molar refractivity (Wildman–Crippen MR) is 76.3 cm³/mol. The van der Waals surface area contributed by atoms with Crippen molar-refractivity contribution in [1.29, 1.82) is 0 Å². The van der Waals surface area contributed by atoms with Gasteiger partial charge in [0.25, 0.3) is 0 Å². The van der Waals surface area contributed by atoms with Crippen molar-refractivity contribution in [3.63, 3.8) is 0 Å². The fraction of sp³-hybridized carbons (Fsp3) is 0.538. The summed E-state index contributed by atoms with van der Waals surface area (Å²) >= 11 is 0. The largest absolute Gasteiger partial charge is 0.398 e. The van der Waals surface area contributed by atoms with Crippen LogP contribution in [0.3, 0.4) is 0 Å². The first-order chi connectivity index (χ1) is 9.21. The molecule has 0 spiro atoms. The first-order valence-electron chi connectivity index (χ1n) is 6.40. The molecule has 7 heteroatoms. The third-order valence-electron chi connectivity index (χ3n) is 3.08. The summed E-state index contributed by atoms with van der Waals surface area (Å²) < 4.78 is 39.9. The zero-order chi connectivity index (χ0) is 15.5. The van der Waals surface area contributed by atoms with Crippen molar-refractivity contribution in [2.75, 3.05) is 18.9 Å². The Morgan fingerprint density at radius 2 is 2.00 bits per heavy atom.